The maximum atomic E-state index is 12.1. The summed E-state index contributed by atoms with van der Waals surface area (Å²) in [5.41, 5.74) is 0. The van der Waals surface area contributed by atoms with Gasteiger partial charge in [0.05, 0.1) is 19.4 Å². The van der Waals surface area contributed by atoms with Gasteiger partial charge in [0.15, 0.2) is 0 Å². The Morgan fingerprint density at radius 3 is 2.81 bits per heavy atom. The minimum atomic E-state index is -2.28. The second kappa shape index (κ2) is 6.60. The first-order valence-corrected chi connectivity index (χ1v) is 5.31. The zero-order valence-electron chi connectivity index (χ0n) is 9.62. The van der Waals surface area contributed by atoms with Crippen molar-refractivity contribution in [2.75, 3.05) is 20.1 Å². The van der Waals surface area contributed by atoms with E-state index in [9.17, 15) is 8.78 Å². The molecule has 1 atom stereocenters. The number of likely N-dealkylation sites (N-methyl/N-ethyl adjacent to an activating group) is 1. The molecular weight excluding hydrogens is 214 g/mol. The number of halogens is 2. The van der Waals surface area contributed by atoms with Crippen LogP contribution in [0, 0.1) is 0 Å². The van der Waals surface area contributed by atoms with Crippen molar-refractivity contribution in [2.45, 2.75) is 25.9 Å². The van der Waals surface area contributed by atoms with E-state index in [0.717, 1.165) is 5.76 Å². The third-order valence-electron chi connectivity index (χ3n) is 2.50. The molecule has 0 fully saturated rings. The standard InChI is InChI=1S/C11H18F2N2O/c1-9(15(2)8-11(12)13)6-14-7-10-4-3-5-16-10/h3-5,9,11,14H,6-8H2,1-2H3. The minimum absolute atomic E-state index is 0.0731. The van der Waals surface area contributed by atoms with Crippen LogP contribution in [0.1, 0.15) is 12.7 Å². The van der Waals surface area contributed by atoms with Gasteiger partial charge in [0.2, 0.25) is 0 Å². The first kappa shape index (κ1) is 13.1. The highest BCUT2D eigenvalue weighted by atomic mass is 19.3. The highest BCUT2D eigenvalue weighted by molar-refractivity contribution is 4.97. The number of nitrogens with zero attached hydrogens (tertiary/aromatic N) is 1. The Labute approximate surface area is 94.4 Å². The van der Waals surface area contributed by atoms with Gasteiger partial charge >= 0.3 is 0 Å². The molecule has 1 aromatic heterocycles. The Kier molecular flexibility index (Phi) is 5.42. The number of furan rings is 1. The molecule has 16 heavy (non-hydrogen) atoms. The van der Waals surface area contributed by atoms with Gasteiger partial charge in [0.25, 0.3) is 6.43 Å². The Bertz CT molecular complexity index is 278. The molecule has 1 unspecified atom stereocenters. The van der Waals surface area contributed by atoms with Gasteiger partial charge in [-0.05, 0) is 26.1 Å². The Hall–Kier alpha value is -0.940. The molecule has 0 saturated heterocycles. The Balaban J connectivity index is 2.16. The van der Waals surface area contributed by atoms with Crippen LogP contribution in [0.3, 0.4) is 0 Å². The lowest BCUT2D eigenvalue weighted by Gasteiger charge is -2.24. The molecule has 0 amide bonds. The van der Waals surface area contributed by atoms with Crippen molar-refractivity contribution in [2.24, 2.45) is 0 Å². The average molecular weight is 232 g/mol. The summed E-state index contributed by atoms with van der Waals surface area (Å²) in [4.78, 5) is 1.64. The monoisotopic (exact) mass is 232 g/mol. The molecule has 0 aromatic carbocycles. The molecule has 5 heteroatoms. The lowest BCUT2D eigenvalue weighted by Crippen LogP contribution is -2.40. The fourth-order valence-electron chi connectivity index (χ4n) is 1.37. The average Bonchev–Trinajstić information content (AvgIpc) is 2.69. The van der Waals surface area contributed by atoms with E-state index in [0.29, 0.717) is 13.1 Å². The maximum absolute atomic E-state index is 12.1. The van der Waals surface area contributed by atoms with Gasteiger partial charge in [-0.2, -0.15) is 0 Å². The molecule has 0 saturated carbocycles. The maximum Gasteiger partial charge on any atom is 0.251 e. The Morgan fingerprint density at radius 2 is 2.25 bits per heavy atom. The normalized spacial score (nSPS) is 13.6. The van der Waals surface area contributed by atoms with E-state index in [2.05, 4.69) is 5.32 Å². The second-order valence-corrected chi connectivity index (χ2v) is 3.89. The Morgan fingerprint density at radius 1 is 1.50 bits per heavy atom. The van der Waals surface area contributed by atoms with Crippen molar-refractivity contribution in [1.29, 1.82) is 0 Å². The smallest absolute Gasteiger partial charge is 0.251 e. The molecule has 0 aliphatic heterocycles. The molecule has 0 radical (unpaired) electrons. The van der Waals surface area contributed by atoms with Gasteiger partial charge in [-0.3, -0.25) is 4.90 Å². The van der Waals surface area contributed by atoms with Crippen LogP contribution in [0.5, 0.6) is 0 Å². The van der Waals surface area contributed by atoms with E-state index in [-0.39, 0.29) is 12.6 Å². The van der Waals surface area contributed by atoms with Gasteiger partial charge in [-0.25, -0.2) is 8.78 Å². The van der Waals surface area contributed by atoms with Crippen LogP contribution in [-0.4, -0.2) is 37.5 Å². The van der Waals surface area contributed by atoms with Crippen molar-refractivity contribution in [1.82, 2.24) is 10.2 Å². The van der Waals surface area contributed by atoms with Crippen LogP contribution in [-0.2, 0) is 6.54 Å². The molecule has 0 spiro atoms. The molecular formula is C11H18F2N2O. The summed E-state index contributed by atoms with van der Waals surface area (Å²) < 4.78 is 29.4. The quantitative estimate of drug-likeness (QED) is 0.779. The lowest BCUT2D eigenvalue weighted by atomic mass is 10.3. The first-order chi connectivity index (χ1) is 7.59. The van der Waals surface area contributed by atoms with Gasteiger partial charge < -0.3 is 9.73 Å². The number of rotatable bonds is 7. The molecule has 0 aliphatic rings. The van der Waals surface area contributed by atoms with Gasteiger partial charge in [0, 0.05) is 12.6 Å². The van der Waals surface area contributed by atoms with Crippen LogP contribution in [0.25, 0.3) is 0 Å². The topological polar surface area (TPSA) is 28.4 Å². The number of hydrogen-bond donors (Lipinski definition) is 1. The van der Waals surface area contributed by atoms with E-state index in [4.69, 9.17) is 4.42 Å². The summed E-state index contributed by atoms with van der Waals surface area (Å²) in [6.07, 6.45) is -0.666. The summed E-state index contributed by atoms with van der Waals surface area (Å²) in [7, 11) is 1.70. The molecule has 92 valence electrons. The van der Waals surface area contributed by atoms with Crippen LogP contribution in [0.2, 0.25) is 0 Å². The van der Waals surface area contributed by atoms with Crippen LogP contribution >= 0.6 is 0 Å². The predicted molar refractivity (Wildman–Crippen MR) is 58.5 cm³/mol. The van der Waals surface area contributed by atoms with Crippen molar-refractivity contribution in [3.63, 3.8) is 0 Å². The van der Waals surface area contributed by atoms with E-state index in [1.807, 2.05) is 19.1 Å². The molecule has 1 rings (SSSR count). The zero-order chi connectivity index (χ0) is 12.0. The predicted octanol–water partition coefficient (Wildman–Crippen LogP) is 1.95. The van der Waals surface area contributed by atoms with Gasteiger partial charge in [-0.1, -0.05) is 0 Å². The van der Waals surface area contributed by atoms with Crippen molar-refractivity contribution < 1.29 is 13.2 Å². The summed E-state index contributed by atoms with van der Waals surface area (Å²) in [5.74, 6) is 0.851. The summed E-state index contributed by atoms with van der Waals surface area (Å²) in [5, 5.41) is 3.16. The SMILES string of the molecule is CC(CNCc1ccco1)N(C)CC(F)F. The number of nitrogens with one attached hydrogen (secondary N) is 1. The molecule has 1 N–H and O–H groups in total. The number of hydrogen-bond acceptors (Lipinski definition) is 3. The van der Waals surface area contributed by atoms with Crippen molar-refractivity contribution in [3.05, 3.63) is 24.2 Å². The van der Waals surface area contributed by atoms with Crippen LogP contribution in [0.4, 0.5) is 8.78 Å². The van der Waals surface area contributed by atoms with E-state index >= 15 is 0 Å². The number of alkyl halides is 2. The molecule has 1 heterocycles. The molecule has 0 bridgehead atoms. The first-order valence-electron chi connectivity index (χ1n) is 5.31. The summed E-state index contributed by atoms with van der Waals surface area (Å²) >= 11 is 0. The lowest BCUT2D eigenvalue weighted by molar-refractivity contribution is 0.0839. The van der Waals surface area contributed by atoms with Crippen molar-refractivity contribution >= 4 is 0 Å². The summed E-state index contributed by atoms with van der Waals surface area (Å²) in [6, 6.07) is 3.77. The minimum Gasteiger partial charge on any atom is -0.468 e. The van der Waals surface area contributed by atoms with E-state index in [1.54, 1.807) is 18.2 Å². The third kappa shape index (κ3) is 4.72. The van der Waals surface area contributed by atoms with Crippen LogP contribution < -0.4 is 5.32 Å². The van der Waals surface area contributed by atoms with Crippen molar-refractivity contribution in [3.8, 4) is 0 Å². The molecule has 3 nitrogen and oxygen atoms in total. The van der Waals surface area contributed by atoms with Gasteiger partial charge in [-0.15, -0.1) is 0 Å². The molecule has 0 aliphatic carbocycles. The third-order valence-corrected chi connectivity index (χ3v) is 2.50. The molecule has 1 aromatic rings. The van der Waals surface area contributed by atoms with Gasteiger partial charge in [0.1, 0.15) is 5.76 Å². The highest BCUT2D eigenvalue weighted by Crippen LogP contribution is 2.02. The highest BCUT2D eigenvalue weighted by Gasteiger charge is 2.13. The summed E-state index contributed by atoms with van der Waals surface area (Å²) in [6.45, 7) is 3.00. The zero-order valence-corrected chi connectivity index (χ0v) is 9.62. The fraction of sp³-hybridized carbons (Fsp3) is 0.636. The fourth-order valence-corrected chi connectivity index (χ4v) is 1.37. The van der Waals surface area contributed by atoms with E-state index < -0.39 is 6.43 Å². The second-order valence-electron chi connectivity index (χ2n) is 3.89. The van der Waals surface area contributed by atoms with Crippen LogP contribution in [0.15, 0.2) is 22.8 Å². The van der Waals surface area contributed by atoms with E-state index in [1.165, 1.54) is 0 Å². The largest absolute Gasteiger partial charge is 0.468 e.